The molecule has 9 heteroatoms. The highest BCUT2D eigenvalue weighted by atomic mass is 16.7. The van der Waals surface area contributed by atoms with Gasteiger partial charge in [0.1, 0.15) is 17.9 Å². The van der Waals surface area contributed by atoms with Crippen molar-refractivity contribution < 1.29 is 33.0 Å². The fourth-order valence-corrected chi connectivity index (χ4v) is 3.66. The Kier molecular flexibility index (Phi) is 9.46. The number of rotatable bonds is 6. The fraction of sp³-hybridized carbons (Fsp3) is 0.370. The Morgan fingerprint density at radius 2 is 1.83 bits per heavy atom. The lowest BCUT2D eigenvalue weighted by Gasteiger charge is -2.31. The van der Waals surface area contributed by atoms with Crippen LogP contribution in [-0.4, -0.2) is 31.1 Å². The molecule has 3 aromatic rings. The Balaban J connectivity index is 0.00000176. The predicted molar refractivity (Wildman–Crippen MR) is 134 cm³/mol. The zero-order valence-electron chi connectivity index (χ0n) is 20.9. The van der Waals surface area contributed by atoms with Gasteiger partial charge in [0, 0.05) is 24.1 Å². The third-order valence-corrected chi connectivity index (χ3v) is 5.28. The number of carbonyl (C=O) groups is 2. The number of hydrogen-bond acceptors (Lipinski definition) is 8. The van der Waals surface area contributed by atoms with Gasteiger partial charge in [-0.3, -0.25) is 10.1 Å². The molecule has 0 bridgehead atoms. The van der Waals surface area contributed by atoms with Gasteiger partial charge in [0.25, 0.3) is 0 Å². The molecule has 1 saturated heterocycles. The molecule has 1 aliphatic heterocycles. The van der Waals surface area contributed by atoms with Crippen molar-refractivity contribution in [3.8, 4) is 5.75 Å². The van der Waals surface area contributed by atoms with Crippen LogP contribution in [0.25, 0.3) is 11.0 Å². The molecule has 2 atom stereocenters. The summed E-state index contributed by atoms with van der Waals surface area (Å²) in [7, 11) is 0. The molecular weight excluding hydrogens is 466 g/mol. The van der Waals surface area contributed by atoms with Crippen molar-refractivity contribution in [2.45, 2.75) is 59.5 Å². The zero-order chi connectivity index (χ0) is 26.1. The van der Waals surface area contributed by atoms with Crippen LogP contribution in [0.3, 0.4) is 0 Å². The van der Waals surface area contributed by atoms with Crippen LogP contribution < -0.4 is 15.7 Å². The largest absolute Gasteiger partial charge is 0.461 e. The molecule has 0 spiro atoms. The summed E-state index contributed by atoms with van der Waals surface area (Å²) in [5.41, 5.74) is 2.07. The Bertz CT molecular complexity index is 1230. The Hall–Kier alpha value is -3.85. The second-order valence-electron chi connectivity index (χ2n) is 7.95. The van der Waals surface area contributed by atoms with Gasteiger partial charge in [0.2, 0.25) is 6.29 Å². The zero-order valence-corrected chi connectivity index (χ0v) is 20.9. The molecule has 2 heterocycles. The van der Waals surface area contributed by atoms with Crippen LogP contribution in [0.2, 0.25) is 0 Å². The third-order valence-electron chi connectivity index (χ3n) is 5.28. The van der Waals surface area contributed by atoms with E-state index >= 15 is 0 Å². The number of benzene rings is 2. The first-order valence-electron chi connectivity index (χ1n) is 11.9. The van der Waals surface area contributed by atoms with E-state index in [0.29, 0.717) is 30.0 Å². The van der Waals surface area contributed by atoms with Gasteiger partial charge in [0.15, 0.2) is 6.10 Å². The van der Waals surface area contributed by atoms with Crippen LogP contribution in [0.5, 0.6) is 5.75 Å². The van der Waals surface area contributed by atoms with E-state index in [1.807, 2.05) is 13.8 Å². The molecule has 9 nitrogen and oxygen atoms in total. The Labute approximate surface area is 209 Å². The van der Waals surface area contributed by atoms with Gasteiger partial charge in [-0.15, -0.1) is 0 Å². The summed E-state index contributed by atoms with van der Waals surface area (Å²) in [6.45, 7) is 7.75. The van der Waals surface area contributed by atoms with Gasteiger partial charge in [-0.2, -0.15) is 0 Å². The first kappa shape index (κ1) is 26.7. The molecule has 0 radical (unpaired) electrons. The summed E-state index contributed by atoms with van der Waals surface area (Å²) in [4.78, 5) is 35.0. The monoisotopic (exact) mass is 497 g/mol. The van der Waals surface area contributed by atoms with Gasteiger partial charge < -0.3 is 23.4 Å². The minimum absolute atomic E-state index is 0.0591. The molecule has 4 rings (SSSR count). The SMILES string of the molecule is CC.CC(=O)OC1CCCOC1Oc1ccc(COC(=O)Nc2ccc3oc(=O)cc(C)c3c2)cc1. The smallest absolute Gasteiger partial charge is 0.411 e. The quantitative estimate of drug-likeness (QED) is 0.359. The van der Waals surface area contributed by atoms with Crippen molar-refractivity contribution >= 4 is 28.7 Å². The van der Waals surface area contributed by atoms with Gasteiger partial charge in [0.05, 0.1) is 6.61 Å². The van der Waals surface area contributed by atoms with E-state index in [1.54, 1.807) is 49.4 Å². The number of anilines is 1. The van der Waals surface area contributed by atoms with Crippen molar-refractivity contribution in [2.75, 3.05) is 11.9 Å². The average molecular weight is 498 g/mol. The summed E-state index contributed by atoms with van der Waals surface area (Å²) in [6.07, 6.45) is -0.256. The highest BCUT2D eigenvalue weighted by molar-refractivity contribution is 5.90. The van der Waals surface area contributed by atoms with E-state index in [0.717, 1.165) is 22.9 Å². The van der Waals surface area contributed by atoms with Crippen molar-refractivity contribution in [2.24, 2.45) is 0 Å². The maximum Gasteiger partial charge on any atom is 0.411 e. The maximum atomic E-state index is 12.2. The van der Waals surface area contributed by atoms with E-state index in [-0.39, 0.29) is 12.6 Å². The number of fused-ring (bicyclic) bond motifs is 1. The average Bonchev–Trinajstić information content (AvgIpc) is 2.86. The van der Waals surface area contributed by atoms with Crippen LogP contribution in [-0.2, 0) is 25.6 Å². The second kappa shape index (κ2) is 12.7. The van der Waals surface area contributed by atoms with Crippen LogP contribution in [0.1, 0.15) is 44.7 Å². The van der Waals surface area contributed by atoms with Crippen molar-refractivity contribution in [1.82, 2.24) is 0 Å². The molecule has 2 unspecified atom stereocenters. The van der Waals surface area contributed by atoms with Gasteiger partial charge >= 0.3 is 17.7 Å². The first-order chi connectivity index (χ1) is 17.4. The second-order valence-corrected chi connectivity index (χ2v) is 7.95. The molecule has 36 heavy (non-hydrogen) atoms. The first-order valence-corrected chi connectivity index (χ1v) is 11.9. The molecule has 1 aliphatic rings. The number of hydrogen-bond donors (Lipinski definition) is 1. The number of nitrogens with one attached hydrogen (secondary N) is 1. The highest BCUT2D eigenvalue weighted by Gasteiger charge is 2.30. The Morgan fingerprint density at radius 1 is 1.08 bits per heavy atom. The molecule has 1 N–H and O–H groups in total. The molecule has 1 aromatic heterocycles. The normalized spacial score (nSPS) is 16.9. The van der Waals surface area contributed by atoms with Gasteiger partial charge in [-0.1, -0.05) is 26.0 Å². The predicted octanol–water partition coefficient (Wildman–Crippen LogP) is 5.32. The maximum absolute atomic E-state index is 12.2. The van der Waals surface area contributed by atoms with Crippen molar-refractivity contribution in [1.29, 1.82) is 0 Å². The molecule has 0 saturated carbocycles. The highest BCUT2D eigenvalue weighted by Crippen LogP contribution is 2.23. The molecular formula is C27H31NO8. The summed E-state index contributed by atoms with van der Waals surface area (Å²) in [6, 6.07) is 13.4. The molecule has 2 aromatic carbocycles. The number of aryl methyl sites for hydroxylation is 1. The van der Waals surface area contributed by atoms with Crippen LogP contribution in [0.15, 0.2) is 57.7 Å². The molecule has 0 aliphatic carbocycles. The van der Waals surface area contributed by atoms with Gasteiger partial charge in [-0.25, -0.2) is 9.59 Å². The van der Waals surface area contributed by atoms with Crippen molar-refractivity contribution in [3.05, 3.63) is 70.1 Å². The Morgan fingerprint density at radius 3 is 2.56 bits per heavy atom. The lowest BCUT2D eigenvalue weighted by Crippen LogP contribution is -2.41. The van der Waals surface area contributed by atoms with E-state index < -0.39 is 24.1 Å². The molecule has 1 fully saturated rings. The minimum Gasteiger partial charge on any atom is -0.461 e. The van der Waals surface area contributed by atoms with E-state index in [4.69, 9.17) is 23.4 Å². The van der Waals surface area contributed by atoms with E-state index in [1.165, 1.54) is 13.0 Å². The van der Waals surface area contributed by atoms with Gasteiger partial charge in [-0.05, 0) is 61.2 Å². The fourth-order valence-electron chi connectivity index (χ4n) is 3.66. The third kappa shape index (κ3) is 7.32. The van der Waals surface area contributed by atoms with Crippen LogP contribution in [0.4, 0.5) is 10.5 Å². The number of amides is 1. The van der Waals surface area contributed by atoms with E-state index in [2.05, 4.69) is 5.32 Å². The number of esters is 1. The summed E-state index contributed by atoms with van der Waals surface area (Å²) >= 11 is 0. The summed E-state index contributed by atoms with van der Waals surface area (Å²) < 4.78 is 27.2. The van der Waals surface area contributed by atoms with Crippen LogP contribution in [0, 0.1) is 6.92 Å². The topological polar surface area (TPSA) is 113 Å². The summed E-state index contributed by atoms with van der Waals surface area (Å²) in [5, 5.41) is 3.40. The molecule has 1 amide bonds. The number of carbonyl (C=O) groups excluding carboxylic acids is 2. The van der Waals surface area contributed by atoms with E-state index in [9.17, 15) is 14.4 Å². The van der Waals surface area contributed by atoms with Crippen LogP contribution >= 0.6 is 0 Å². The van der Waals surface area contributed by atoms with Crippen molar-refractivity contribution in [3.63, 3.8) is 0 Å². The standard InChI is InChI=1S/C25H25NO8.C2H6/c1-15-12-23(28)34-21-10-7-18(13-20(15)21)26-25(29)31-14-17-5-8-19(9-6-17)33-24-22(32-16(2)27)4-3-11-30-24;1-2/h5-10,12-13,22,24H,3-4,11,14H2,1-2H3,(H,26,29);1-2H3. The summed E-state index contributed by atoms with van der Waals surface area (Å²) in [5.74, 6) is 0.177. The minimum atomic E-state index is -0.663. The molecule has 192 valence electrons. The number of ether oxygens (including phenoxy) is 4. The lowest BCUT2D eigenvalue weighted by atomic mass is 10.1. The lowest BCUT2D eigenvalue weighted by molar-refractivity contribution is -0.195.